The maximum atomic E-state index is 5.63. The summed E-state index contributed by atoms with van der Waals surface area (Å²) in [6.07, 6.45) is 0. The molecule has 0 aliphatic rings. The second-order valence-corrected chi connectivity index (χ2v) is 3.47. The van der Waals surface area contributed by atoms with E-state index in [1.807, 2.05) is 31.2 Å². The molecule has 1 heterocycles. The number of hydrogen-bond donors (Lipinski definition) is 2. The summed E-state index contributed by atoms with van der Waals surface area (Å²) in [6.45, 7) is 2.64. The maximum Gasteiger partial charge on any atom is 0.241 e. The third kappa shape index (κ3) is 2.07. The van der Waals surface area contributed by atoms with Gasteiger partial charge in [-0.3, -0.25) is 0 Å². The first-order chi connectivity index (χ1) is 7.15. The fourth-order valence-corrected chi connectivity index (χ4v) is 1.36. The van der Waals surface area contributed by atoms with Crippen LogP contribution in [0.4, 0.5) is 11.9 Å². The largest absolute Gasteiger partial charge is 0.368 e. The van der Waals surface area contributed by atoms with Crippen molar-refractivity contribution in [2.45, 2.75) is 13.5 Å². The van der Waals surface area contributed by atoms with Gasteiger partial charge >= 0.3 is 0 Å². The molecule has 0 atom stereocenters. The third-order valence-corrected chi connectivity index (χ3v) is 2.17. The van der Waals surface area contributed by atoms with Crippen molar-refractivity contribution in [3.63, 3.8) is 0 Å². The van der Waals surface area contributed by atoms with Gasteiger partial charge in [-0.05, 0) is 12.5 Å². The number of nitrogens with two attached hydrogens (primary N) is 2. The zero-order valence-corrected chi connectivity index (χ0v) is 8.51. The number of rotatable bonds is 2. The normalized spacial score (nSPS) is 10.5. The van der Waals surface area contributed by atoms with Gasteiger partial charge in [0.05, 0.1) is 6.54 Å². The molecule has 0 bridgehead atoms. The van der Waals surface area contributed by atoms with E-state index in [9.17, 15) is 0 Å². The molecule has 4 N–H and O–H groups in total. The third-order valence-electron chi connectivity index (χ3n) is 2.17. The predicted octanol–water partition coefficient (Wildman–Crippen LogP) is 0.799. The summed E-state index contributed by atoms with van der Waals surface area (Å²) < 4.78 is 1.58. The lowest BCUT2D eigenvalue weighted by Gasteiger charge is -2.02. The average molecular weight is 203 g/mol. The van der Waals surface area contributed by atoms with E-state index in [2.05, 4.69) is 10.1 Å². The SMILES string of the molecule is Cc1ccc(Cn2nc(N)nc2N)cc1. The monoisotopic (exact) mass is 203 g/mol. The molecule has 0 saturated heterocycles. The minimum atomic E-state index is 0.208. The van der Waals surface area contributed by atoms with Crippen molar-refractivity contribution in [1.29, 1.82) is 0 Å². The summed E-state index contributed by atoms with van der Waals surface area (Å²) in [5.41, 5.74) is 13.4. The molecule has 0 aliphatic heterocycles. The smallest absolute Gasteiger partial charge is 0.241 e. The molecule has 0 amide bonds. The van der Waals surface area contributed by atoms with Crippen LogP contribution in [-0.2, 0) is 6.54 Å². The Bertz CT molecular complexity index is 457. The molecule has 5 nitrogen and oxygen atoms in total. The maximum absolute atomic E-state index is 5.63. The van der Waals surface area contributed by atoms with Gasteiger partial charge in [0.15, 0.2) is 0 Å². The van der Waals surface area contributed by atoms with Crippen LogP contribution in [0.3, 0.4) is 0 Å². The highest BCUT2D eigenvalue weighted by atomic mass is 15.4. The minimum Gasteiger partial charge on any atom is -0.368 e. The topological polar surface area (TPSA) is 82.8 Å². The van der Waals surface area contributed by atoms with Crippen LogP contribution in [0.25, 0.3) is 0 Å². The lowest BCUT2D eigenvalue weighted by molar-refractivity contribution is 0.699. The Morgan fingerprint density at radius 2 is 1.87 bits per heavy atom. The number of aryl methyl sites for hydroxylation is 1. The van der Waals surface area contributed by atoms with Crippen LogP contribution < -0.4 is 11.5 Å². The summed E-state index contributed by atoms with van der Waals surface area (Å²) in [6, 6.07) is 8.16. The van der Waals surface area contributed by atoms with Crippen LogP contribution in [0, 0.1) is 6.92 Å². The van der Waals surface area contributed by atoms with Gasteiger partial charge in [-0.25, -0.2) is 4.68 Å². The van der Waals surface area contributed by atoms with Gasteiger partial charge in [-0.2, -0.15) is 4.98 Å². The van der Waals surface area contributed by atoms with E-state index in [1.165, 1.54) is 5.56 Å². The molecule has 1 aromatic carbocycles. The summed E-state index contributed by atoms with van der Waals surface area (Å²) in [5, 5.41) is 3.99. The number of benzene rings is 1. The second-order valence-electron chi connectivity index (χ2n) is 3.47. The Kier molecular flexibility index (Phi) is 2.29. The molecule has 78 valence electrons. The minimum absolute atomic E-state index is 0.208. The molecule has 15 heavy (non-hydrogen) atoms. The average Bonchev–Trinajstić information content (AvgIpc) is 2.49. The molecule has 0 radical (unpaired) electrons. The Labute approximate surface area is 87.7 Å². The highest BCUT2D eigenvalue weighted by Gasteiger charge is 2.03. The lowest BCUT2D eigenvalue weighted by Crippen LogP contribution is -2.06. The standard InChI is InChI=1S/C10H13N5/c1-7-2-4-8(5-3-7)6-15-10(12)13-9(11)14-15/h2-5H,6H2,1H3,(H4,11,12,13,14). The molecule has 0 spiro atoms. The van der Waals surface area contributed by atoms with Crippen molar-refractivity contribution >= 4 is 11.9 Å². The van der Waals surface area contributed by atoms with E-state index < -0.39 is 0 Å². The number of anilines is 2. The first kappa shape index (κ1) is 9.51. The highest BCUT2D eigenvalue weighted by Crippen LogP contribution is 2.08. The van der Waals surface area contributed by atoms with Gasteiger partial charge in [0.1, 0.15) is 0 Å². The first-order valence-electron chi connectivity index (χ1n) is 4.66. The second kappa shape index (κ2) is 3.61. The van der Waals surface area contributed by atoms with Crippen LogP contribution in [-0.4, -0.2) is 14.8 Å². The lowest BCUT2D eigenvalue weighted by atomic mass is 10.1. The zero-order valence-electron chi connectivity index (χ0n) is 8.51. The molecular weight excluding hydrogens is 190 g/mol. The van der Waals surface area contributed by atoms with Crippen molar-refractivity contribution < 1.29 is 0 Å². The van der Waals surface area contributed by atoms with Gasteiger partial charge in [-0.15, -0.1) is 5.10 Å². The van der Waals surface area contributed by atoms with E-state index in [0.717, 1.165) is 5.56 Å². The first-order valence-corrected chi connectivity index (χ1v) is 4.66. The van der Waals surface area contributed by atoms with Gasteiger partial charge in [-0.1, -0.05) is 29.8 Å². The molecule has 0 unspecified atom stereocenters. The number of hydrogen-bond acceptors (Lipinski definition) is 4. The van der Waals surface area contributed by atoms with Crippen molar-refractivity contribution in [2.75, 3.05) is 11.5 Å². The molecule has 2 rings (SSSR count). The van der Waals surface area contributed by atoms with Gasteiger partial charge in [0, 0.05) is 0 Å². The van der Waals surface area contributed by atoms with Crippen LogP contribution >= 0.6 is 0 Å². The Hall–Kier alpha value is -2.04. The van der Waals surface area contributed by atoms with Crippen LogP contribution in [0.1, 0.15) is 11.1 Å². The number of aromatic nitrogens is 3. The molecule has 0 fully saturated rings. The van der Waals surface area contributed by atoms with Crippen molar-refractivity contribution in [3.8, 4) is 0 Å². The van der Waals surface area contributed by atoms with Crippen LogP contribution in [0.15, 0.2) is 24.3 Å². The van der Waals surface area contributed by atoms with Gasteiger partial charge in [0.2, 0.25) is 11.9 Å². The van der Waals surface area contributed by atoms with E-state index in [-0.39, 0.29) is 5.95 Å². The fraction of sp³-hybridized carbons (Fsp3) is 0.200. The Balaban J connectivity index is 2.21. The Morgan fingerprint density at radius 3 is 2.40 bits per heavy atom. The summed E-state index contributed by atoms with van der Waals surface area (Å²) in [4.78, 5) is 3.83. The highest BCUT2D eigenvalue weighted by molar-refractivity contribution is 5.28. The van der Waals surface area contributed by atoms with Gasteiger partial charge in [0.25, 0.3) is 0 Å². The molecular formula is C10H13N5. The van der Waals surface area contributed by atoms with E-state index in [0.29, 0.717) is 12.5 Å². The molecule has 1 aromatic heterocycles. The van der Waals surface area contributed by atoms with Crippen LogP contribution in [0.5, 0.6) is 0 Å². The molecule has 5 heteroatoms. The van der Waals surface area contributed by atoms with Crippen molar-refractivity contribution in [2.24, 2.45) is 0 Å². The molecule has 0 saturated carbocycles. The summed E-state index contributed by atoms with van der Waals surface area (Å²) in [7, 11) is 0. The zero-order chi connectivity index (χ0) is 10.8. The van der Waals surface area contributed by atoms with Crippen molar-refractivity contribution in [1.82, 2.24) is 14.8 Å². The summed E-state index contributed by atoms with van der Waals surface area (Å²) >= 11 is 0. The molecule has 2 aromatic rings. The summed E-state index contributed by atoms with van der Waals surface area (Å²) in [5.74, 6) is 0.549. The van der Waals surface area contributed by atoms with E-state index in [4.69, 9.17) is 11.5 Å². The van der Waals surface area contributed by atoms with Gasteiger partial charge < -0.3 is 11.5 Å². The fourth-order valence-electron chi connectivity index (χ4n) is 1.36. The molecule has 0 aliphatic carbocycles. The van der Waals surface area contributed by atoms with E-state index >= 15 is 0 Å². The van der Waals surface area contributed by atoms with Crippen LogP contribution in [0.2, 0.25) is 0 Å². The predicted molar refractivity (Wildman–Crippen MR) is 59.1 cm³/mol. The number of nitrogens with zero attached hydrogens (tertiary/aromatic N) is 3. The van der Waals surface area contributed by atoms with Crippen molar-refractivity contribution in [3.05, 3.63) is 35.4 Å². The quantitative estimate of drug-likeness (QED) is 0.756. The van der Waals surface area contributed by atoms with E-state index in [1.54, 1.807) is 4.68 Å². The number of nitrogen functional groups attached to an aromatic ring is 2. The Morgan fingerprint density at radius 1 is 1.20 bits per heavy atom.